The van der Waals surface area contributed by atoms with Crippen LogP contribution in [0.3, 0.4) is 0 Å². The van der Waals surface area contributed by atoms with E-state index >= 15 is 0 Å². The van der Waals surface area contributed by atoms with Gasteiger partial charge in [0, 0.05) is 6.20 Å². The topological polar surface area (TPSA) is 30.7 Å². The lowest BCUT2D eigenvalue weighted by atomic mass is 10.2. The number of hydrogen-bond acceptors (Lipinski definition) is 2. The molecule has 0 aliphatic carbocycles. The Morgan fingerprint density at radius 1 is 1.24 bits per heavy atom. The first-order valence-corrected chi connectivity index (χ1v) is 7.16. The molecular weight excluding hydrogens is 289 g/mol. The van der Waals surface area contributed by atoms with Crippen LogP contribution in [0.4, 0.5) is 4.39 Å². The zero-order chi connectivity index (χ0) is 15.1. The number of aromatic nitrogens is 3. The Balaban J connectivity index is 2.39. The number of imidazole rings is 1. The highest BCUT2D eigenvalue weighted by Gasteiger charge is 2.19. The fourth-order valence-electron chi connectivity index (χ4n) is 2.41. The smallest absolute Gasteiger partial charge is 0.164 e. The van der Waals surface area contributed by atoms with Gasteiger partial charge in [-0.2, -0.15) is 0 Å². The van der Waals surface area contributed by atoms with Gasteiger partial charge < -0.3 is 0 Å². The summed E-state index contributed by atoms with van der Waals surface area (Å²) in [6, 6.07) is 6.63. The van der Waals surface area contributed by atoms with Crippen molar-refractivity contribution in [3.8, 4) is 5.69 Å². The third-order valence-electron chi connectivity index (χ3n) is 3.43. The highest BCUT2D eigenvalue weighted by molar-refractivity contribution is 6.20. The molecule has 5 heteroatoms. The number of aryl methyl sites for hydroxylation is 2. The van der Waals surface area contributed by atoms with E-state index in [-0.39, 0.29) is 11.2 Å². The first kappa shape index (κ1) is 14.0. The molecule has 2 aromatic heterocycles. The Bertz CT molecular complexity index is 824. The van der Waals surface area contributed by atoms with E-state index in [2.05, 4.69) is 9.97 Å². The van der Waals surface area contributed by atoms with Crippen molar-refractivity contribution < 1.29 is 4.39 Å². The third-order valence-corrected chi connectivity index (χ3v) is 3.62. The van der Waals surface area contributed by atoms with E-state index in [1.165, 1.54) is 12.1 Å². The quantitative estimate of drug-likeness (QED) is 0.654. The maximum Gasteiger partial charge on any atom is 0.164 e. The summed E-state index contributed by atoms with van der Waals surface area (Å²) < 4.78 is 15.5. The van der Waals surface area contributed by atoms with E-state index in [1.54, 1.807) is 12.3 Å². The molecule has 3 aromatic rings. The fraction of sp³-hybridized carbons (Fsp3) is 0.250. The summed E-state index contributed by atoms with van der Waals surface area (Å²) >= 11 is 6.26. The van der Waals surface area contributed by atoms with Crippen LogP contribution < -0.4 is 0 Å². The molecule has 108 valence electrons. The molecule has 0 aliphatic rings. The lowest BCUT2D eigenvalue weighted by Crippen LogP contribution is -2.05. The van der Waals surface area contributed by atoms with Gasteiger partial charge in [0.25, 0.3) is 0 Å². The van der Waals surface area contributed by atoms with Crippen LogP contribution in [-0.2, 0) is 0 Å². The standard InChI is InChI=1S/C16H15ClFN3/c1-9-6-13-16(19-8-9)21(15(20-13)11(3)17)14-7-12(18)5-4-10(14)2/h4-8,11H,1-3H3. The van der Waals surface area contributed by atoms with Crippen LogP contribution in [0.2, 0.25) is 0 Å². The predicted octanol–water partition coefficient (Wildman–Crippen LogP) is 4.48. The maximum absolute atomic E-state index is 13.6. The van der Waals surface area contributed by atoms with E-state index < -0.39 is 0 Å². The lowest BCUT2D eigenvalue weighted by Gasteiger charge is -2.12. The van der Waals surface area contributed by atoms with Crippen molar-refractivity contribution in [1.82, 2.24) is 14.5 Å². The van der Waals surface area contributed by atoms with Crippen molar-refractivity contribution in [2.45, 2.75) is 26.1 Å². The summed E-state index contributed by atoms with van der Waals surface area (Å²) in [7, 11) is 0. The van der Waals surface area contributed by atoms with E-state index in [0.717, 1.165) is 22.3 Å². The van der Waals surface area contributed by atoms with Gasteiger partial charge in [0.1, 0.15) is 17.2 Å². The Morgan fingerprint density at radius 3 is 2.71 bits per heavy atom. The van der Waals surface area contributed by atoms with Crippen LogP contribution in [-0.4, -0.2) is 14.5 Å². The average Bonchev–Trinajstić information content (AvgIpc) is 2.80. The molecule has 3 nitrogen and oxygen atoms in total. The van der Waals surface area contributed by atoms with Crippen molar-refractivity contribution in [3.05, 3.63) is 53.2 Å². The number of rotatable bonds is 2. The van der Waals surface area contributed by atoms with Gasteiger partial charge in [-0.1, -0.05) is 6.07 Å². The fourth-order valence-corrected chi connectivity index (χ4v) is 2.56. The third kappa shape index (κ3) is 2.40. The van der Waals surface area contributed by atoms with E-state index in [0.29, 0.717) is 11.5 Å². The van der Waals surface area contributed by atoms with Crippen molar-refractivity contribution in [1.29, 1.82) is 0 Å². The average molecular weight is 304 g/mol. The van der Waals surface area contributed by atoms with Gasteiger partial charge in [-0.05, 0) is 50.1 Å². The minimum Gasteiger partial charge on any atom is -0.279 e. The molecule has 0 fully saturated rings. The molecule has 0 amide bonds. The molecular formula is C16H15ClFN3. The Hall–Kier alpha value is -1.94. The van der Waals surface area contributed by atoms with Gasteiger partial charge in [0.15, 0.2) is 5.65 Å². The van der Waals surface area contributed by atoms with Crippen LogP contribution in [0.25, 0.3) is 16.9 Å². The molecule has 21 heavy (non-hydrogen) atoms. The monoisotopic (exact) mass is 303 g/mol. The molecule has 0 bridgehead atoms. The zero-order valence-electron chi connectivity index (χ0n) is 12.1. The number of benzene rings is 1. The first-order valence-electron chi connectivity index (χ1n) is 6.73. The van der Waals surface area contributed by atoms with E-state index in [9.17, 15) is 4.39 Å². The minimum atomic E-state index is -0.304. The zero-order valence-corrected chi connectivity index (χ0v) is 12.8. The van der Waals surface area contributed by atoms with Crippen LogP contribution in [0.1, 0.15) is 29.3 Å². The van der Waals surface area contributed by atoms with Gasteiger partial charge in [-0.15, -0.1) is 11.6 Å². The normalized spacial score (nSPS) is 12.8. The molecule has 3 rings (SSSR count). The molecule has 1 atom stereocenters. The second-order valence-corrected chi connectivity index (χ2v) is 5.86. The van der Waals surface area contributed by atoms with Gasteiger partial charge >= 0.3 is 0 Å². The highest BCUT2D eigenvalue weighted by atomic mass is 35.5. The van der Waals surface area contributed by atoms with Crippen molar-refractivity contribution in [2.24, 2.45) is 0 Å². The maximum atomic E-state index is 13.6. The predicted molar refractivity (Wildman–Crippen MR) is 82.6 cm³/mol. The van der Waals surface area contributed by atoms with Crippen LogP contribution in [0.5, 0.6) is 0 Å². The van der Waals surface area contributed by atoms with Gasteiger partial charge in [0.2, 0.25) is 0 Å². The summed E-state index contributed by atoms with van der Waals surface area (Å²) in [6.07, 6.45) is 1.78. The molecule has 2 heterocycles. The second kappa shape index (κ2) is 5.11. The number of halogens is 2. The number of nitrogens with zero attached hydrogens (tertiary/aromatic N) is 3. The molecule has 0 aliphatic heterocycles. The Kier molecular flexibility index (Phi) is 3.41. The SMILES string of the molecule is Cc1cnc2c(c1)nc(C(C)Cl)n2-c1cc(F)ccc1C. The summed E-state index contributed by atoms with van der Waals surface area (Å²) in [5, 5.41) is -0.304. The van der Waals surface area contributed by atoms with E-state index in [1.807, 2.05) is 31.4 Å². The minimum absolute atomic E-state index is 0.294. The molecule has 0 saturated carbocycles. The number of hydrogen-bond donors (Lipinski definition) is 0. The first-order chi connectivity index (χ1) is 9.97. The summed E-state index contributed by atoms with van der Waals surface area (Å²) in [5.74, 6) is 0.371. The second-order valence-electron chi connectivity index (χ2n) is 5.21. The van der Waals surface area contributed by atoms with Crippen LogP contribution >= 0.6 is 11.6 Å². The van der Waals surface area contributed by atoms with Gasteiger partial charge in [-0.3, -0.25) is 4.57 Å². The molecule has 0 N–H and O–H groups in total. The van der Waals surface area contributed by atoms with Crippen LogP contribution in [0, 0.1) is 19.7 Å². The van der Waals surface area contributed by atoms with Crippen molar-refractivity contribution in [3.63, 3.8) is 0 Å². The number of alkyl halides is 1. The van der Waals surface area contributed by atoms with Gasteiger partial charge in [0.05, 0.1) is 11.1 Å². The number of pyridine rings is 1. The summed E-state index contributed by atoms with van der Waals surface area (Å²) in [4.78, 5) is 9.02. The molecule has 0 saturated heterocycles. The van der Waals surface area contributed by atoms with Crippen LogP contribution in [0.15, 0.2) is 30.5 Å². The molecule has 1 unspecified atom stereocenters. The summed E-state index contributed by atoms with van der Waals surface area (Å²) in [5.41, 5.74) is 4.14. The largest absolute Gasteiger partial charge is 0.279 e. The highest BCUT2D eigenvalue weighted by Crippen LogP contribution is 2.29. The Labute approximate surface area is 127 Å². The van der Waals surface area contributed by atoms with Crippen molar-refractivity contribution >= 4 is 22.8 Å². The van der Waals surface area contributed by atoms with E-state index in [4.69, 9.17) is 11.6 Å². The molecule has 1 aromatic carbocycles. The summed E-state index contributed by atoms with van der Waals surface area (Å²) in [6.45, 7) is 5.74. The Morgan fingerprint density at radius 2 is 2.00 bits per heavy atom. The van der Waals surface area contributed by atoms with Crippen molar-refractivity contribution in [2.75, 3.05) is 0 Å². The molecule has 0 spiro atoms. The molecule has 0 radical (unpaired) electrons. The number of fused-ring (bicyclic) bond motifs is 1. The lowest BCUT2D eigenvalue weighted by molar-refractivity contribution is 0.625. The van der Waals surface area contributed by atoms with Gasteiger partial charge in [-0.25, -0.2) is 14.4 Å².